The maximum atomic E-state index is 13.9. The van der Waals surface area contributed by atoms with Gasteiger partial charge >= 0.3 is 0 Å². The highest BCUT2D eigenvalue weighted by atomic mass is 19.1. The molecule has 100 valence electrons. The van der Waals surface area contributed by atoms with Crippen molar-refractivity contribution in [2.24, 2.45) is 5.73 Å². The van der Waals surface area contributed by atoms with Crippen molar-refractivity contribution in [2.75, 3.05) is 7.11 Å². The molecule has 0 aliphatic heterocycles. The number of aromatic amines is 1. The number of methoxy groups -OCH3 is 1. The van der Waals surface area contributed by atoms with Crippen LogP contribution in [0.4, 0.5) is 4.39 Å². The lowest BCUT2D eigenvalue weighted by molar-refractivity contribution is -0.119. The molecule has 4 nitrogen and oxygen atoms in total. The lowest BCUT2D eigenvalue weighted by atomic mass is 9.84. The molecular formula is C14H15FN2O2. The Morgan fingerprint density at radius 2 is 2.32 bits per heavy atom. The van der Waals surface area contributed by atoms with Gasteiger partial charge in [-0.3, -0.25) is 4.79 Å². The molecule has 1 unspecified atom stereocenters. The monoisotopic (exact) mass is 262 g/mol. The minimum atomic E-state index is -0.367. The predicted molar refractivity (Wildman–Crippen MR) is 69.7 cm³/mol. The van der Waals surface area contributed by atoms with Crippen LogP contribution in [0.5, 0.6) is 5.75 Å². The van der Waals surface area contributed by atoms with Gasteiger partial charge in [0.1, 0.15) is 11.6 Å². The number of nitrogens with one attached hydrogen (secondary N) is 1. The van der Waals surface area contributed by atoms with Crippen LogP contribution >= 0.6 is 0 Å². The Balaban J connectivity index is 2.36. The molecule has 1 atom stereocenters. The summed E-state index contributed by atoms with van der Waals surface area (Å²) in [7, 11) is 1.54. The van der Waals surface area contributed by atoms with Crippen molar-refractivity contribution in [2.45, 2.75) is 25.2 Å². The van der Waals surface area contributed by atoms with Gasteiger partial charge in [-0.15, -0.1) is 0 Å². The lowest BCUT2D eigenvalue weighted by Gasteiger charge is -2.20. The van der Waals surface area contributed by atoms with Crippen molar-refractivity contribution in [3.05, 3.63) is 29.2 Å². The molecule has 3 N–H and O–H groups in total. The van der Waals surface area contributed by atoms with Crippen LogP contribution in [-0.4, -0.2) is 18.0 Å². The molecule has 0 saturated carbocycles. The number of hydrogen-bond acceptors (Lipinski definition) is 2. The first-order chi connectivity index (χ1) is 9.13. The third-order valence-electron chi connectivity index (χ3n) is 3.82. The van der Waals surface area contributed by atoms with Crippen LogP contribution in [0.25, 0.3) is 10.9 Å². The molecule has 1 aliphatic carbocycles. The lowest BCUT2D eigenvalue weighted by Crippen LogP contribution is -2.24. The Labute approximate surface area is 109 Å². The molecule has 1 heterocycles. The Morgan fingerprint density at radius 1 is 1.53 bits per heavy atom. The minimum absolute atomic E-state index is 0.339. The van der Waals surface area contributed by atoms with E-state index < -0.39 is 0 Å². The van der Waals surface area contributed by atoms with Gasteiger partial charge in [0.25, 0.3) is 0 Å². The van der Waals surface area contributed by atoms with E-state index in [1.807, 2.05) is 0 Å². The summed E-state index contributed by atoms with van der Waals surface area (Å²) in [4.78, 5) is 14.7. The number of aryl methyl sites for hydroxylation is 1. The fourth-order valence-electron chi connectivity index (χ4n) is 2.98. The van der Waals surface area contributed by atoms with E-state index in [2.05, 4.69) is 4.98 Å². The van der Waals surface area contributed by atoms with E-state index in [1.165, 1.54) is 13.2 Å². The van der Waals surface area contributed by atoms with Gasteiger partial charge in [-0.2, -0.15) is 0 Å². The first kappa shape index (κ1) is 12.0. The highest BCUT2D eigenvalue weighted by Crippen LogP contribution is 2.41. The molecule has 5 heteroatoms. The number of nitrogens with two attached hydrogens (primary N) is 1. The highest BCUT2D eigenvalue weighted by Gasteiger charge is 2.30. The molecule has 2 aromatic rings. The quantitative estimate of drug-likeness (QED) is 0.871. The second kappa shape index (κ2) is 4.26. The van der Waals surface area contributed by atoms with Crippen molar-refractivity contribution in [3.63, 3.8) is 0 Å². The molecular weight excluding hydrogens is 247 g/mol. The van der Waals surface area contributed by atoms with Crippen LogP contribution in [0.3, 0.4) is 0 Å². The standard InChI is InChI=1S/C14H15FN2O2/c1-19-10-6-5-8(15)13-12(10)11-7(14(16)18)3-2-4-9(11)17-13/h5-7,17H,2-4H2,1H3,(H2,16,18). The molecule has 1 aromatic heterocycles. The number of primary amides is 1. The summed E-state index contributed by atoms with van der Waals surface area (Å²) in [5.41, 5.74) is 7.58. The summed E-state index contributed by atoms with van der Waals surface area (Å²) in [5, 5.41) is 0.654. The number of hydrogen-bond donors (Lipinski definition) is 2. The van der Waals surface area contributed by atoms with Gasteiger partial charge in [-0.1, -0.05) is 0 Å². The van der Waals surface area contributed by atoms with Gasteiger partial charge in [-0.25, -0.2) is 4.39 Å². The molecule has 0 bridgehead atoms. The smallest absolute Gasteiger partial charge is 0.225 e. The summed E-state index contributed by atoms with van der Waals surface area (Å²) in [5.74, 6) is -0.503. The first-order valence-electron chi connectivity index (χ1n) is 6.29. The van der Waals surface area contributed by atoms with Crippen molar-refractivity contribution in [1.82, 2.24) is 4.98 Å². The summed E-state index contributed by atoms with van der Waals surface area (Å²) < 4.78 is 19.2. The van der Waals surface area contributed by atoms with Crippen LogP contribution in [-0.2, 0) is 11.2 Å². The Hall–Kier alpha value is -2.04. The fraction of sp³-hybridized carbons (Fsp3) is 0.357. The molecule has 0 fully saturated rings. The molecule has 0 spiro atoms. The van der Waals surface area contributed by atoms with E-state index in [4.69, 9.17) is 10.5 Å². The largest absolute Gasteiger partial charge is 0.496 e. The zero-order chi connectivity index (χ0) is 13.6. The summed E-state index contributed by atoms with van der Waals surface area (Å²) in [6.45, 7) is 0. The zero-order valence-corrected chi connectivity index (χ0v) is 10.6. The topological polar surface area (TPSA) is 68.1 Å². The summed E-state index contributed by atoms with van der Waals surface area (Å²) in [6.07, 6.45) is 2.38. The molecule has 1 aromatic carbocycles. The molecule has 0 radical (unpaired) electrons. The maximum Gasteiger partial charge on any atom is 0.225 e. The average Bonchev–Trinajstić information content (AvgIpc) is 2.79. The van der Waals surface area contributed by atoms with E-state index in [0.717, 1.165) is 24.1 Å². The predicted octanol–water partition coefficient (Wildman–Crippen LogP) is 2.22. The van der Waals surface area contributed by atoms with Crippen molar-refractivity contribution < 1.29 is 13.9 Å². The number of carbonyl (C=O) groups excluding carboxylic acids is 1. The number of halogens is 1. The van der Waals surface area contributed by atoms with Crippen molar-refractivity contribution >= 4 is 16.8 Å². The maximum absolute atomic E-state index is 13.9. The Morgan fingerprint density at radius 3 is 3.00 bits per heavy atom. The second-order valence-corrected chi connectivity index (χ2v) is 4.86. The first-order valence-corrected chi connectivity index (χ1v) is 6.29. The Bertz CT molecular complexity index is 663. The number of H-pyrrole nitrogens is 1. The van der Waals surface area contributed by atoms with E-state index in [-0.39, 0.29) is 17.6 Å². The van der Waals surface area contributed by atoms with E-state index >= 15 is 0 Å². The van der Waals surface area contributed by atoms with Crippen LogP contribution in [0.2, 0.25) is 0 Å². The normalized spacial score (nSPS) is 18.3. The van der Waals surface area contributed by atoms with Crippen molar-refractivity contribution in [3.8, 4) is 5.75 Å². The number of aromatic nitrogens is 1. The fourth-order valence-corrected chi connectivity index (χ4v) is 2.98. The van der Waals surface area contributed by atoms with Gasteiger partial charge in [0.15, 0.2) is 0 Å². The van der Waals surface area contributed by atoms with E-state index in [9.17, 15) is 9.18 Å². The second-order valence-electron chi connectivity index (χ2n) is 4.86. The van der Waals surface area contributed by atoms with E-state index in [1.54, 1.807) is 6.07 Å². The zero-order valence-electron chi connectivity index (χ0n) is 10.6. The number of rotatable bonds is 2. The summed E-state index contributed by atoms with van der Waals surface area (Å²) >= 11 is 0. The van der Waals surface area contributed by atoms with E-state index in [0.29, 0.717) is 23.1 Å². The number of amides is 1. The third kappa shape index (κ3) is 1.69. The van der Waals surface area contributed by atoms with Crippen LogP contribution in [0.15, 0.2) is 12.1 Å². The average molecular weight is 262 g/mol. The van der Waals surface area contributed by atoms with Gasteiger partial charge < -0.3 is 15.5 Å². The molecule has 19 heavy (non-hydrogen) atoms. The Kier molecular flexibility index (Phi) is 2.69. The van der Waals surface area contributed by atoms with Crippen LogP contribution < -0.4 is 10.5 Å². The molecule has 1 aliphatic rings. The minimum Gasteiger partial charge on any atom is -0.496 e. The van der Waals surface area contributed by atoms with Gasteiger partial charge in [-0.05, 0) is 37.0 Å². The van der Waals surface area contributed by atoms with Crippen molar-refractivity contribution in [1.29, 1.82) is 0 Å². The third-order valence-corrected chi connectivity index (χ3v) is 3.82. The molecule has 1 amide bonds. The number of benzene rings is 1. The van der Waals surface area contributed by atoms with Gasteiger partial charge in [0.05, 0.1) is 18.5 Å². The number of carbonyl (C=O) groups is 1. The molecule has 0 saturated heterocycles. The SMILES string of the molecule is COc1ccc(F)c2[nH]c3c(c12)C(C(N)=O)CCC3. The van der Waals surface area contributed by atoms with Gasteiger partial charge in [0, 0.05) is 11.1 Å². The van der Waals surface area contributed by atoms with Crippen LogP contribution in [0.1, 0.15) is 30.0 Å². The summed E-state index contributed by atoms with van der Waals surface area (Å²) in [6, 6.07) is 2.95. The highest BCUT2D eigenvalue weighted by molar-refractivity contribution is 5.96. The number of fused-ring (bicyclic) bond motifs is 3. The van der Waals surface area contributed by atoms with Gasteiger partial charge in [0.2, 0.25) is 5.91 Å². The number of ether oxygens (including phenoxy) is 1. The molecule has 3 rings (SSSR count). The van der Waals surface area contributed by atoms with Crippen LogP contribution in [0, 0.1) is 5.82 Å².